The molecule has 1 unspecified atom stereocenters. The summed E-state index contributed by atoms with van der Waals surface area (Å²) in [5, 5.41) is 0. The fourth-order valence-electron chi connectivity index (χ4n) is 2.13. The highest BCUT2D eigenvalue weighted by molar-refractivity contribution is 5.42. The Morgan fingerprint density at radius 3 is 3.12 bits per heavy atom. The zero-order valence-corrected chi connectivity index (χ0v) is 9.74. The van der Waals surface area contributed by atoms with Crippen molar-refractivity contribution in [1.29, 1.82) is 0 Å². The number of ether oxygens (including phenoxy) is 2. The summed E-state index contributed by atoms with van der Waals surface area (Å²) in [6, 6.07) is 6.06. The van der Waals surface area contributed by atoms with Gasteiger partial charge in [0.2, 0.25) is 0 Å². The van der Waals surface area contributed by atoms with Crippen molar-refractivity contribution in [2.24, 2.45) is 11.7 Å². The second-order valence-electron chi connectivity index (χ2n) is 4.29. The van der Waals surface area contributed by atoms with Crippen molar-refractivity contribution in [3.63, 3.8) is 0 Å². The van der Waals surface area contributed by atoms with Crippen LogP contribution in [0, 0.1) is 5.92 Å². The highest BCUT2D eigenvalue weighted by atomic mass is 16.5. The van der Waals surface area contributed by atoms with Crippen LogP contribution in [0.25, 0.3) is 0 Å². The molecule has 3 nitrogen and oxygen atoms in total. The molecule has 1 aromatic rings. The van der Waals surface area contributed by atoms with Gasteiger partial charge in [0.15, 0.2) is 0 Å². The van der Waals surface area contributed by atoms with Crippen LogP contribution in [0.5, 0.6) is 11.5 Å². The summed E-state index contributed by atoms with van der Waals surface area (Å²) in [7, 11) is 1.68. The fourth-order valence-corrected chi connectivity index (χ4v) is 2.13. The summed E-state index contributed by atoms with van der Waals surface area (Å²) in [6.07, 6.45) is 3.33. The quantitative estimate of drug-likeness (QED) is 0.845. The van der Waals surface area contributed by atoms with Crippen molar-refractivity contribution in [2.45, 2.75) is 19.3 Å². The molecular weight excluding hydrogens is 202 g/mol. The van der Waals surface area contributed by atoms with E-state index in [4.69, 9.17) is 15.2 Å². The van der Waals surface area contributed by atoms with Crippen molar-refractivity contribution < 1.29 is 9.47 Å². The molecule has 16 heavy (non-hydrogen) atoms. The first-order chi connectivity index (χ1) is 7.83. The molecule has 2 N–H and O–H groups in total. The lowest BCUT2D eigenvalue weighted by atomic mass is 9.93. The number of hydrogen-bond donors (Lipinski definition) is 1. The fraction of sp³-hybridized carbons (Fsp3) is 0.538. The van der Waals surface area contributed by atoms with E-state index in [0.29, 0.717) is 5.92 Å². The maximum absolute atomic E-state index is 5.75. The maximum Gasteiger partial charge on any atom is 0.126 e. The Balaban J connectivity index is 2.04. The third kappa shape index (κ3) is 2.47. The van der Waals surface area contributed by atoms with E-state index in [2.05, 4.69) is 6.07 Å². The van der Waals surface area contributed by atoms with Crippen LogP contribution in [0.1, 0.15) is 18.4 Å². The predicted octanol–water partition coefficient (Wildman–Crippen LogP) is 1.99. The molecule has 0 spiro atoms. The molecule has 1 heterocycles. The maximum atomic E-state index is 5.75. The van der Waals surface area contributed by atoms with Gasteiger partial charge in [-0.15, -0.1) is 0 Å². The zero-order chi connectivity index (χ0) is 11.4. The highest BCUT2D eigenvalue weighted by Gasteiger charge is 2.19. The molecule has 0 amide bonds. The minimum Gasteiger partial charge on any atom is -0.497 e. The van der Waals surface area contributed by atoms with Gasteiger partial charge in [-0.05, 0) is 43.4 Å². The first kappa shape index (κ1) is 11.3. The van der Waals surface area contributed by atoms with Gasteiger partial charge in [0, 0.05) is 6.07 Å². The van der Waals surface area contributed by atoms with E-state index < -0.39 is 0 Å². The minimum absolute atomic E-state index is 0.615. The number of benzene rings is 1. The largest absolute Gasteiger partial charge is 0.497 e. The molecule has 1 aliphatic heterocycles. The highest BCUT2D eigenvalue weighted by Crippen LogP contribution is 2.32. The van der Waals surface area contributed by atoms with Crippen LogP contribution in [0.3, 0.4) is 0 Å². The van der Waals surface area contributed by atoms with E-state index in [1.165, 1.54) is 5.56 Å². The molecule has 0 saturated carbocycles. The van der Waals surface area contributed by atoms with Crippen molar-refractivity contribution >= 4 is 0 Å². The second kappa shape index (κ2) is 5.21. The average Bonchev–Trinajstić information content (AvgIpc) is 2.35. The predicted molar refractivity (Wildman–Crippen MR) is 64.0 cm³/mol. The van der Waals surface area contributed by atoms with Crippen molar-refractivity contribution in [2.75, 3.05) is 20.3 Å². The van der Waals surface area contributed by atoms with Gasteiger partial charge < -0.3 is 15.2 Å². The minimum atomic E-state index is 0.615. The van der Waals surface area contributed by atoms with Crippen LogP contribution in [0.15, 0.2) is 18.2 Å². The van der Waals surface area contributed by atoms with Gasteiger partial charge in [-0.25, -0.2) is 0 Å². The molecule has 1 aromatic carbocycles. The first-order valence-corrected chi connectivity index (χ1v) is 5.83. The Morgan fingerprint density at radius 2 is 2.38 bits per heavy atom. The number of fused-ring (bicyclic) bond motifs is 1. The van der Waals surface area contributed by atoms with Gasteiger partial charge in [0.1, 0.15) is 11.5 Å². The topological polar surface area (TPSA) is 44.5 Å². The molecule has 1 atom stereocenters. The monoisotopic (exact) mass is 221 g/mol. The number of nitrogens with two attached hydrogens (primary N) is 1. The molecule has 88 valence electrons. The van der Waals surface area contributed by atoms with E-state index in [-0.39, 0.29) is 0 Å². The van der Waals surface area contributed by atoms with Crippen molar-refractivity contribution in [3.05, 3.63) is 23.8 Å². The smallest absolute Gasteiger partial charge is 0.126 e. The lowest BCUT2D eigenvalue weighted by Crippen LogP contribution is -2.21. The number of rotatable bonds is 4. The van der Waals surface area contributed by atoms with Gasteiger partial charge >= 0.3 is 0 Å². The van der Waals surface area contributed by atoms with Crippen LogP contribution in [0.2, 0.25) is 0 Å². The van der Waals surface area contributed by atoms with E-state index >= 15 is 0 Å². The summed E-state index contributed by atoms with van der Waals surface area (Å²) < 4.78 is 10.9. The van der Waals surface area contributed by atoms with Crippen LogP contribution in [0.4, 0.5) is 0 Å². The summed E-state index contributed by atoms with van der Waals surface area (Å²) in [5.41, 5.74) is 6.81. The van der Waals surface area contributed by atoms with E-state index in [1.54, 1.807) is 7.11 Å². The Labute approximate surface area is 96.5 Å². The van der Waals surface area contributed by atoms with Crippen LogP contribution in [-0.2, 0) is 6.42 Å². The SMILES string of the molecule is COc1ccc2c(c1)OCC(CCCN)C2. The zero-order valence-electron chi connectivity index (χ0n) is 9.74. The average molecular weight is 221 g/mol. The van der Waals surface area contributed by atoms with E-state index in [1.807, 2.05) is 12.1 Å². The molecule has 0 saturated heterocycles. The Bertz CT molecular complexity index is 352. The Hall–Kier alpha value is -1.22. The first-order valence-electron chi connectivity index (χ1n) is 5.83. The van der Waals surface area contributed by atoms with E-state index in [0.717, 1.165) is 43.9 Å². The molecule has 0 bridgehead atoms. The van der Waals surface area contributed by atoms with Crippen molar-refractivity contribution in [1.82, 2.24) is 0 Å². The third-order valence-electron chi connectivity index (χ3n) is 3.07. The van der Waals surface area contributed by atoms with Crippen molar-refractivity contribution in [3.8, 4) is 11.5 Å². The molecule has 2 rings (SSSR count). The standard InChI is InChI=1S/C13H19NO2/c1-15-12-5-4-11-7-10(3-2-6-14)9-16-13(11)8-12/h4-5,8,10H,2-3,6-7,9,14H2,1H3. The molecule has 0 radical (unpaired) electrons. The van der Waals surface area contributed by atoms with Crippen LogP contribution >= 0.6 is 0 Å². The van der Waals surface area contributed by atoms with Crippen LogP contribution in [-0.4, -0.2) is 20.3 Å². The van der Waals surface area contributed by atoms with Gasteiger partial charge in [-0.1, -0.05) is 6.07 Å². The van der Waals surface area contributed by atoms with Gasteiger partial charge in [0.05, 0.1) is 13.7 Å². The number of methoxy groups -OCH3 is 1. The Kier molecular flexibility index (Phi) is 3.67. The normalized spacial score (nSPS) is 18.8. The second-order valence-corrected chi connectivity index (χ2v) is 4.29. The summed E-state index contributed by atoms with van der Waals surface area (Å²) >= 11 is 0. The lowest BCUT2D eigenvalue weighted by molar-refractivity contribution is 0.211. The molecule has 0 aliphatic carbocycles. The number of hydrogen-bond acceptors (Lipinski definition) is 3. The van der Waals surface area contributed by atoms with Crippen LogP contribution < -0.4 is 15.2 Å². The molecule has 3 heteroatoms. The van der Waals surface area contributed by atoms with Gasteiger partial charge in [0.25, 0.3) is 0 Å². The molecule has 0 aromatic heterocycles. The summed E-state index contributed by atoms with van der Waals surface area (Å²) in [4.78, 5) is 0. The lowest BCUT2D eigenvalue weighted by Gasteiger charge is -2.25. The van der Waals surface area contributed by atoms with E-state index in [9.17, 15) is 0 Å². The van der Waals surface area contributed by atoms with Gasteiger partial charge in [-0.3, -0.25) is 0 Å². The summed E-state index contributed by atoms with van der Waals surface area (Å²) in [6.45, 7) is 1.58. The summed E-state index contributed by atoms with van der Waals surface area (Å²) in [5.74, 6) is 2.45. The third-order valence-corrected chi connectivity index (χ3v) is 3.07. The molecular formula is C13H19NO2. The molecule has 0 fully saturated rings. The van der Waals surface area contributed by atoms with Gasteiger partial charge in [-0.2, -0.15) is 0 Å². The Morgan fingerprint density at radius 1 is 1.50 bits per heavy atom. The molecule has 1 aliphatic rings.